The van der Waals surface area contributed by atoms with Crippen LogP contribution in [0.4, 0.5) is 5.69 Å². The maximum atomic E-state index is 11.9. The first-order valence-corrected chi connectivity index (χ1v) is 6.42. The van der Waals surface area contributed by atoms with E-state index in [1.54, 1.807) is 0 Å². The van der Waals surface area contributed by atoms with Crippen molar-refractivity contribution < 1.29 is 9.36 Å². The summed E-state index contributed by atoms with van der Waals surface area (Å²) in [6.45, 7) is 2.30. The molecule has 0 aliphatic rings. The van der Waals surface area contributed by atoms with E-state index >= 15 is 0 Å². The first-order chi connectivity index (χ1) is 8.56. The van der Waals surface area contributed by atoms with Crippen LogP contribution in [0, 0.1) is 6.92 Å². The Hall–Kier alpha value is -1.62. The zero-order valence-corrected chi connectivity index (χ0v) is 11.9. The van der Waals surface area contributed by atoms with Crippen LogP contribution < -0.4 is 9.88 Å². The molecule has 0 unspecified atom stereocenters. The predicted octanol–water partition coefficient (Wildman–Crippen LogP) is 2.02. The third kappa shape index (κ3) is 2.98. The highest BCUT2D eigenvalue weighted by Gasteiger charge is 2.12. The number of aryl methyl sites for hydroxylation is 1. The molecule has 2 rings (SSSR count). The van der Waals surface area contributed by atoms with E-state index in [0.717, 1.165) is 16.0 Å². The lowest BCUT2D eigenvalue weighted by atomic mass is 10.3. The van der Waals surface area contributed by atoms with Gasteiger partial charge in [-0.25, -0.2) is 9.13 Å². The fraction of sp³-hybridized carbons (Fsp3) is 0.231. The van der Waals surface area contributed by atoms with Crippen molar-refractivity contribution in [3.63, 3.8) is 0 Å². The van der Waals surface area contributed by atoms with E-state index in [1.807, 2.05) is 59.8 Å². The van der Waals surface area contributed by atoms with Gasteiger partial charge in [0.25, 0.3) is 11.7 Å². The molecular formula is C13H15BrN3O+. The Morgan fingerprint density at radius 2 is 2.06 bits per heavy atom. The summed E-state index contributed by atoms with van der Waals surface area (Å²) in [6, 6.07) is 7.53. The molecule has 0 bridgehead atoms. The van der Waals surface area contributed by atoms with Crippen LogP contribution in [0.15, 0.2) is 41.1 Å². The van der Waals surface area contributed by atoms with Gasteiger partial charge in [0, 0.05) is 17.1 Å². The van der Waals surface area contributed by atoms with Crippen LogP contribution in [0.1, 0.15) is 5.82 Å². The van der Waals surface area contributed by atoms with E-state index in [-0.39, 0.29) is 5.91 Å². The standard InChI is InChI=1S/C13H14BrN3O/c1-10-16(2)7-8-17(10)9-13(18)15-12-5-3-11(14)4-6-12/h3-8H,9H2,1-2H3/p+1. The smallest absolute Gasteiger partial charge is 0.266 e. The minimum Gasteiger partial charge on any atom is -0.323 e. The number of nitrogens with one attached hydrogen (secondary N) is 1. The number of carbonyl (C=O) groups excluding carboxylic acids is 1. The van der Waals surface area contributed by atoms with Crippen LogP contribution in [-0.2, 0) is 18.4 Å². The lowest BCUT2D eigenvalue weighted by molar-refractivity contribution is -0.677. The normalized spacial score (nSPS) is 10.4. The predicted molar refractivity (Wildman–Crippen MR) is 73.1 cm³/mol. The first kappa shape index (κ1) is 12.8. The highest BCUT2D eigenvalue weighted by Crippen LogP contribution is 2.14. The highest BCUT2D eigenvalue weighted by molar-refractivity contribution is 9.10. The van der Waals surface area contributed by atoms with Crippen LogP contribution in [0.25, 0.3) is 0 Å². The van der Waals surface area contributed by atoms with Gasteiger partial charge in [-0.3, -0.25) is 4.79 Å². The van der Waals surface area contributed by atoms with Crippen LogP contribution in [-0.4, -0.2) is 10.5 Å². The molecule has 0 aliphatic carbocycles. The molecule has 0 aliphatic heterocycles. The van der Waals surface area contributed by atoms with Gasteiger partial charge in [0.1, 0.15) is 12.4 Å². The van der Waals surface area contributed by atoms with Gasteiger partial charge in [-0.15, -0.1) is 0 Å². The van der Waals surface area contributed by atoms with E-state index < -0.39 is 0 Å². The largest absolute Gasteiger partial charge is 0.323 e. The molecule has 0 saturated heterocycles. The van der Waals surface area contributed by atoms with Crippen LogP contribution in [0.3, 0.4) is 0 Å². The van der Waals surface area contributed by atoms with Gasteiger partial charge >= 0.3 is 0 Å². The maximum Gasteiger partial charge on any atom is 0.266 e. The molecule has 1 N–H and O–H groups in total. The number of amides is 1. The molecule has 0 fully saturated rings. The quantitative estimate of drug-likeness (QED) is 0.866. The van der Waals surface area contributed by atoms with E-state index in [0.29, 0.717) is 6.54 Å². The van der Waals surface area contributed by atoms with Crippen molar-refractivity contribution in [1.82, 2.24) is 4.57 Å². The summed E-state index contributed by atoms with van der Waals surface area (Å²) in [7, 11) is 1.96. The molecule has 2 aromatic rings. The molecule has 94 valence electrons. The van der Waals surface area contributed by atoms with Gasteiger partial charge in [0.2, 0.25) is 0 Å². The number of anilines is 1. The number of hydrogen-bond donors (Lipinski definition) is 1. The molecule has 0 radical (unpaired) electrons. The van der Waals surface area contributed by atoms with Crippen molar-refractivity contribution in [2.75, 3.05) is 5.32 Å². The van der Waals surface area contributed by atoms with Gasteiger partial charge in [-0.2, -0.15) is 0 Å². The average molecular weight is 309 g/mol. The number of hydrogen-bond acceptors (Lipinski definition) is 1. The van der Waals surface area contributed by atoms with Crippen molar-refractivity contribution in [1.29, 1.82) is 0 Å². The van der Waals surface area contributed by atoms with E-state index in [1.165, 1.54) is 0 Å². The zero-order valence-electron chi connectivity index (χ0n) is 10.4. The summed E-state index contributed by atoms with van der Waals surface area (Å²) in [5.41, 5.74) is 0.803. The molecule has 0 saturated carbocycles. The molecule has 1 aromatic heterocycles. The summed E-state index contributed by atoms with van der Waals surface area (Å²) >= 11 is 3.36. The minimum absolute atomic E-state index is 0.0309. The van der Waals surface area contributed by atoms with Gasteiger partial charge in [0.05, 0.1) is 7.05 Å². The lowest BCUT2D eigenvalue weighted by Crippen LogP contribution is -2.31. The Labute approximate surface area is 114 Å². The van der Waals surface area contributed by atoms with Crippen molar-refractivity contribution in [2.24, 2.45) is 7.05 Å². The molecule has 5 heteroatoms. The van der Waals surface area contributed by atoms with Crippen LogP contribution in [0.2, 0.25) is 0 Å². The number of benzene rings is 1. The summed E-state index contributed by atoms with van der Waals surface area (Å²) in [6.07, 6.45) is 3.83. The minimum atomic E-state index is -0.0309. The van der Waals surface area contributed by atoms with Gasteiger partial charge < -0.3 is 5.32 Å². The van der Waals surface area contributed by atoms with E-state index in [4.69, 9.17) is 0 Å². The first-order valence-electron chi connectivity index (χ1n) is 5.63. The van der Waals surface area contributed by atoms with Crippen LogP contribution in [0.5, 0.6) is 0 Å². The summed E-state index contributed by atoms with van der Waals surface area (Å²) in [5.74, 6) is 1.01. The number of nitrogens with zero attached hydrogens (tertiary/aromatic N) is 2. The number of carbonyl (C=O) groups is 1. The zero-order chi connectivity index (χ0) is 13.1. The molecule has 18 heavy (non-hydrogen) atoms. The monoisotopic (exact) mass is 308 g/mol. The highest BCUT2D eigenvalue weighted by atomic mass is 79.9. The van der Waals surface area contributed by atoms with Crippen molar-refractivity contribution in [3.05, 3.63) is 47.0 Å². The number of rotatable bonds is 3. The van der Waals surface area contributed by atoms with E-state index in [9.17, 15) is 4.79 Å². The Bertz CT molecular complexity index is 560. The molecule has 1 aromatic carbocycles. The molecule has 0 atom stereocenters. The fourth-order valence-electron chi connectivity index (χ4n) is 1.65. The van der Waals surface area contributed by atoms with Crippen LogP contribution >= 0.6 is 15.9 Å². The fourth-order valence-corrected chi connectivity index (χ4v) is 1.92. The van der Waals surface area contributed by atoms with Gasteiger partial charge in [-0.1, -0.05) is 15.9 Å². The Morgan fingerprint density at radius 3 is 2.61 bits per heavy atom. The Kier molecular flexibility index (Phi) is 3.81. The topological polar surface area (TPSA) is 37.9 Å². The Balaban J connectivity index is 2.01. The number of aromatic nitrogens is 2. The van der Waals surface area contributed by atoms with E-state index in [2.05, 4.69) is 21.2 Å². The Morgan fingerprint density at radius 1 is 1.39 bits per heavy atom. The van der Waals surface area contributed by atoms with Crippen molar-refractivity contribution in [3.8, 4) is 0 Å². The molecule has 0 spiro atoms. The maximum absolute atomic E-state index is 11.9. The second-order valence-corrected chi connectivity index (χ2v) is 5.05. The van der Waals surface area contributed by atoms with Crippen molar-refractivity contribution in [2.45, 2.75) is 13.5 Å². The number of halogens is 1. The third-order valence-corrected chi connectivity index (χ3v) is 3.37. The van der Waals surface area contributed by atoms with Crippen molar-refractivity contribution >= 4 is 27.5 Å². The molecular weight excluding hydrogens is 294 g/mol. The average Bonchev–Trinajstić information content (AvgIpc) is 2.64. The summed E-state index contributed by atoms with van der Waals surface area (Å²) in [5, 5.41) is 2.86. The summed E-state index contributed by atoms with van der Waals surface area (Å²) in [4.78, 5) is 11.9. The summed E-state index contributed by atoms with van der Waals surface area (Å²) < 4.78 is 4.88. The molecule has 1 heterocycles. The second kappa shape index (κ2) is 5.35. The molecule has 1 amide bonds. The molecule has 4 nitrogen and oxygen atoms in total. The SMILES string of the molecule is Cc1n(CC(=O)Nc2ccc(Br)cc2)cc[n+]1C. The number of imidazole rings is 1. The van der Waals surface area contributed by atoms with Gasteiger partial charge in [-0.05, 0) is 24.3 Å². The lowest BCUT2D eigenvalue weighted by Gasteiger charge is -2.04. The van der Waals surface area contributed by atoms with Gasteiger partial charge in [0.15, 0.2) is 6.54 Å². The second-order valence-electron chi connectivity index (χ2n) is 4.14. The third-order valence-electron chi connectivity index (χ3n) is 2.84.